The first-order valence-electron chi connectivity index (χ1n) is 11.2. The lowest BCUT2D eigenvalue weighted by atomic mass is 9.95. The highest BCUT2D eigenvalue weighted by Gasteiger charge is 2.35. The zero-order valence-corrected chi connectivity index (χ0v) is 20.4. The quantitative estimate of drug-likeness (QED) is 0.366. The number of fused-ring (bicyclic) bond motifs is 1. The van der Waals surface area contributed by atoms with Crippen molar-refractivity contribution in [3.63, 3.8) is 0 Å². The number of nitrogens with zero attached hydrogens (tertiary/aromatic N) is 3. The van der Waals surface area contributed by atoms with Gasteiger partial charge in [0.05, 0.1) is 29.9 Å². The first kappa shape index (κ1) is 22.7. The van der Waals surface area contributed by atoms with Crippen LogP contribution in [0.5, 0.6) is 11.5 Å². The summed E-state index contributed by atoms with van der Waals surface area (Å²) in [6.45, 7) is 4.40. The number of benzene rings is 2. The van der Waals surface area contributed by atoms with Crippen LogP contribution in [0.4, 0.5) is 11.6 Å². The summed E-state index contributed by atoms with van der Waals surface area (Å²) < 4.78 is 12.8. The van der Waals surface area contributed by atoms with E-state index in [9.17, 15) is 4.79 Å². The Labute approximate surface area is 207 Å². The lowest BCUT2D eigenvalue weighted by Crippen LogP contribution is -2.31. The molecule has 0 saturated carbocycles. The van der Waals surface area contributed by atoms with Gasteiger partial charge in [-0.2, -0.15) is 4.98 Å². The molecule has 0 spiro atoms. The molecule has 35 heavy (non-hydrogen) atoms. The molecule has 5 rings (SSSR count). The van der Waals surface area contributed by atoms with E-state index in [4.69, 9.17) is 19.6 Å². The normalized spacial score (nSPS) is 14.8. The van der Waals surface area contributed by atoms with Crippen molar-refractivity contribution >= 4 is 28.9 Å². The molecule has 9 heteroatoms. The zero-order valence-electron chi connectivity index (χ0n) is 19.6. The minimum Gasteiger partial charge on any atom is -0.495 e. The highest BCUT2D eigenvalue weighted by molar-refractivity contribution is 7.13. The van der Waals surface area contributed by atoms with Crippen LogP contribution in [0.3, 0.4) is 0 Å². The van der Waals surface area contributed by atoms with Crippen molar-refractivity contribution in [2.45, 2.75) is 19.9 Å². The van der Waals surface area contributed by atoms with E-state index in [1.165, 1.54) is 0 Å². The van der Waals surface area contributed by atoms with Crippen LogP contribution >= 0.6 is 11.3 Å². The van der Waals surface area contributed by atoms with Gasteiger partial charge in [0.2, 0.25) is 5.95 Å². The summed E-state index contributed by atoms with van der Waals surface area (Å²) >= 11 is 1.57. The SMILES string of the molecule is CCOc1ccc(C2C(C(=O)Nc3ccccc3OC)=C(C)Nc3nc(-c4cccs4)nn32)cc1. The molecule has 2 aromatic carbocycles. The summed E-state index contributed by atoms with van der Waals surface area (Å²) in [6.07, 6.45) is 0. The number of para-hydroxylation sites is 2. The van der Waals surface area contributed by atoms with Crippen molar-refractivity contribution < 1.29 is 14.3 Å². The summed E-state index contributed by atoms with van der Waals surface area (Å²) in [7, 11) is 1.58. The largest absolute Gasteiger partial charge is 0.495 e. The number of rotatable bonds is 7. The van der Waals surface area contributed by atoms with Crippen LogP contribution in [0, 0.1) is 0 Å². The number of anilines is 2. The fraction of sp³-hybridized carbons (Fsp3) is 0.192. The maximum atomic E-state index is 13.7. The molecule has 178 valence electrons. The molecule has 2 aromatic heterocycles. The van der Waals surface area contributed by atoms with E-state index in [2.05, 4.69) is 10.6 Å². The number of hydrogen-bond donors (Lipinski definition) is 2. The number of aromatic nitrogens is 3. The Kier molecular flexibility index (Phi) is 6.24. The van der Waals surface area contributed by atoms with Gasteiger partial charge >= 0.3 is 0 Å². The van der Waals surface area contributed by atoms with Crippen molar-refractivity contribution in [1.29, 1.82) is 0 Å². The van der Waals surface area contributed by atoms with Crippen LogP contribution in [0.25, 0.3) is 10.7 Å². The highest BCUT2D eigenvalue weighted by atomic mass is 32.1. The summed E-state index contributed by atoms with van der Waals surface area (Å²) in [5.41, 5.74) is 2.72. The van der Waals surface area contributed by atoms with Crippen molar-refractivity contribution in [3.05, 3.63) is 82.9 Å². The molecular weight excluding hydrogens is 462 g/mol. The average molecular weight is 488 g/mol. The van der Waals surface area contributed by atoms with Gasteiger partial charge in [0.15, 0.2) is 5.82 Å². The Morgan fingerprint density at radius 3 is 2.66 bits per heavy atom. The lowest BCUT2D eigenvalue weighted by molar-refractivity contribution is -0.113. The Hall–Kier alpha value is -4.11. The number of carbonyl (C=O) groups is 1. The third-order valence-electron chi connectivity index (χ3n) is 5.70. The molecule has 1 unspecified atom stereocenters. The molecule has 4 aromatic rings. The summed E-state index contributed by atoms with van der Waals surface area (Å²) in [5, 5.41) is 13.1. The number of hydrogen-bond acceptors (Lipinski definition) is 7. The Morgan fingerprint density at radius 2 is 1.94 bits per heavy atom. The molecule has 2 N–H and O–H groups in total. The number of ether oxygens (including phenoxy) is 2. The van der Waals surface area contributed by atoms with E-state index in [0.29, 0.717) is 41.1 Å². The predicted octanol–water partition coefficient (Wildman–Crippen LogP) is 5.34. The first-order valence-corrected chi connectivity index (χ1v) is 12.1. The van der Waals surface area contributed by atoms with Crippen molar-refractivity contribution in [3.8, 4) is 22.2 Å². The number of amides is 1. The van der Waals surface area contributed by atoms with Gasteiger partial charge in [-0.15, -0.1) is 16.4 Å². The fourth-order valence-electron chi connectivity index (χ4n) is 4.11. The van der Waals surface area contributed by atoms with Crippen LogP contribution in [-0.4, -0.2) is 34.4 Å². The van der Waals surface area contributed by atoms with Gasteiger partial charge in [-0.05, 0) is 55.1 Å². The number of carbonyl (C=O) groups excluding carboxylic acids is 1. The van der Waals surface area contributed by atoms with E-state index in [1.807, 2.05) is 79.9 Å². The van der Waals surface area contributed by atoms with Gasteiger partial charge in [0.25, 0.3) is 5.91 Å². The second-order valence-electron chi connectivity index (χ2n) is 7.90. The van der Waals surface area contributed by atoms with Crippen LogP contribution < -0.4 is 20.1 Å². The van der Waals surface area contributed by atoms with E-state index in [-0.39, 0.29) is 5.91 Å². The van der Waals surface area contributed by atoms with Crippen molar-refractivity contribution in [2.75, 3.05) is 24.4 Å². The smallest absolute Gasteiger partial charge is 0.255 e. The van der Waals surface area contributed by atoms with E-state index >= 15 is 0 Å². The second kappa shape index (κ2) is 9.63. The molecule has 1 aliphatic heterocycles. The minimum atomic E-state index is -0.488. The van der Waals surface area contributed by atoms with Crippen LogP contribution in [0.2, 0.25) is 0 Å². The second-order valence-corrected chi connectivity index (χ2v) is 8.85. The van der Waals surface area contributed by atoms with E-state index < -0.39 is 6.04 Å². The Bertz CT molecular complexity index is 1380. The molecule has 1 aliphatic rings. The van der Waals surface area contributed by atoms with Gasteiger partial charge in [0, 0.05) is 5.70 Å². The van der Waals surface area contributed by atoms with Gasteiger partial charge < -0.3 is 20.1 Å². The van der Waals surface area contributed by atoms with Crippen molar-refractivity contribution in [1.82, 2.24) is 14.8 Å². The third kappa shape index (κ3) is 4.38. The summed E-state index contributed by atoms with van der Waals surface area (Å²) in [6, 6.07) is 18.5. The maximum absolute atomic E-state index is 13.7. The molecular formula is C26H25N5O3S. The molecule has 8 nitrogen and oxygen atoms in total. The highest BCUT2D eigenvalue weighted by Crippen LogP contribution is 2.38. The average Bonchev–Trinajstić information content (AvgIpc) is 3.54. The molecule has 1 atom stereocenters. The van der Waals surface area contributed by atoms with Gasteiger partial charge in [0.1, 0.15) is 17.5 Å². The summed E-state index contributed by atoms with van der Waals surface area (Å²) in [5.74, 6) is 2.29. The van der Waals surface area contributed by atoms with E-state index in [0.717, 1.165) is 16.2 Å². The minimum absolute atomic E-state index is 0.253. The molecule has 0 aliphatic carbocycles. The van der Waals surface area contributed by atoms with Gasteiger partial charge in [-0.3, -0.25) is 4.79 Å². The van der Waals surface area contributed by atoms with Crippen LogP contribution in [0.1, 0.15) is 25.5 Å². The van der Waals surface area contributed by atoms with Gasteiger partial charge in [-0.1, -0.05) is 30.3 Å². The van der Waals surface area contributed by atoms with Gasteiger partial charge in [-0.25, -0.2) is 4.68 Å². The molecule has 0 saturated heterocycles. The standard InChI is InChI=1S/C26H25N5O3S/c1-4-34-18-13-11-17(12-14-18)23-22(25(32)28-19-8-5-6-9-20(19)33-3)16(2)27-26-29-24(30-31(23)26)21-10-7-15-35-21/h5-15,23H,4H2,1-3H3,(H,28,32)(H,27,29,30). The molecule has 0 fully saturated rings. The van der Waals surface area contributed by atoms with Crippen LogP contribution in [-0.2, 0) is 4.79 Å². The van der Waals surface area contributed by atoms with E-state index in [1.54, 1.807) is 23.1 Å². The number of allylic oxidation sites excluding steroid dienone is 1. The molecule has 1 amide bonds. The maximum Gasteiger partial charge on any atom is 0.255 e. The number of methoxy groups -OCH3 is 1. The first-order chi connectivity index (χ1) is 17.1. The van der Waals surface area contributed by atoms with Crippen molar-refractivity contribution in [2.24, 2.45) is 0 Å². The predicted molar refractivity (Wildman–Crippen MR) is 137 cm³/mol. The lowest BCUT2D eigenvalue weighted by Gasteiger charge is -2.29. The summed E-state index contributed by atoms with van der Waals surface area (Å²) in [4.78, 5) is 19.4. The monoisotopic (exact) mass is 487 g/mol. The van der Waals surface area contributed by atoms with Crippen LogP contribution in [0.15, 0.2) is 77.3 Å². The molecule has 0 radical (unpaired) electrons. The third-order valence-corrected chi connectivity index (χ3v) is 6.57. The Balaban J connectivity index is 1.58. The molecule has 3 heterocycles. The number of thiophene rings is 1. The topological polar surface area (TPSA) is 90.3 Å². The number of nitrogens with one attached hydrogen (secondary N) is 2. The zero-order chi connectivity index (χ0) is 24.4. The fourth-order valence-corrected chi connectivity index (χ4v) is 4.77. The molecule has 0 bridgehead atoms. The Morgan fingerprint density at radius 1 is 1.14 bits per heavy atom.